The summed E-state index contributed by atoms with van der Waals surface area (Å²) in [6.45, 7) is 1.04. The van der Waals surface area contributed by atoms with Crippen LogP contribution in [0.5, 0.6) is 0 Å². The minimum Gasteiger partial charge on any atom is -0.394 e. The van der Waals surface area contributed by atoms with Gasteiger partial charge in [-0.3, -0.25) is 4.79 Å². The van der Waals surface area contributed by atoms with Gasteiger partial charge >= 0.3 is 0 Å². The van der Waals surface area contributed by atoms with Crippen molar-refractivity contribution in [2.24, 2.45) is 0 Å². The first-order chi connectivity index (χ1) is 9.04. The molecule has 1 aliphatic heterocycles. The van der Waals surface area contributed by atoms with E-state index >= 15 is 0 Å². The predicted molar refractivity (Wildman–Crippen MR) is 79.2 cm³/mol. The summed E-state index contributed by atoms with van der Waals surface area (Å²) in [5.74, 6) is -0.182. The first-order valence-electron chi connectivity index (χ1n) is 6.02. The van der Waals surface area contributed by atoms with Crippen LogP contribution in [-0.2, 0) is 4.74 Å². The van der Waals surface area contributed by atoms with Gasteiger partial charge in [-0.05, 0) is 31.0 Å². The number of halogens is 2. The molecule has 0 bridgehead atoms. The van der Waals surface area contributed by atoms with Gasteiger partial charge in [0.2, 0.25) is 0 Å². The molecule has 6 heteroatoms. The summed E-state index contributed by atoms with van der Waals surface area (Å²) in [6, 6.07) is 5.38. The maximum absolute atomic E-state index is 12.3. The first kappa shape index (κ1) is 15.0. The third-order valence-corrected chi connectivity index (χ3v) is 4.17. The van der Waals surface area contributed by atoms with Crippen LogP contribution in [0.4, 0.5) is 0 Å². The SMILES string of the molecule is O=C(NC1(CO)CCOCC1)c1cc(Br)cc(Br)c1. The Bertz CT molecular complexity index is 453. The number of benzene rings is 1. The van der Waals surface area contributed by atoms with Crippen LogP contribution >= 0.6 is 31.9 Å². The second-order valence-corrected chi connectivity index (χ2v) is 6.49. The van der Waals surface area contributed by atoms with E-state index in [2.05, 4.69) is 37.2 Å². The van der Waals surface area contributed by atoms with Crippen LogP contribution in [0.15, 0.2) is 27.1 Å². The maximum atomic E-state index is 12.3. The van der Waals surface area contributed by atoms with Gasteiger partial charge in [0.05, 0.1) is 12.1 Å². The zero-order valence-electron chi connectivity index (χ0n) is 10.3. The zero-order chi connectivity index (χ0) is 13.9. The van der Waals surface area contributed by atoms with Crippen LogP contribution in [0.25, 0.3) is 0 Å². The molecular weight excluding hydrogens is 378 g/mol. The lowest BCUT2D eigenvalue weighted by molar-refractivity contribution is 0.0125. The van der Waals surface area contributed by atoms with Gasteiger partial charge in [-0.25, -0.2) is 0 Å². The van der Waals surface area contributed by atoms with E-state index < -0.39 is 5.54 Å². The Kier molecular flexibility index (Phi) is 5.00. The van der Waals surface area contributed by atoms with E-state index in [0.717, 1.165) is 8.95 Å². The first-order valence-corrected chi connectivity index (χ1v) is 7.60. The number of rotatable bonds is 3. The van der Waals surface area contributed by atoms with E-state index in [1.807, 2.05) is 6.07 Å². The number of hydrogen-bond donors (Lipinski definition) is 2. The number of aliphatic hydroxyl groups is 1. The summed E-state index contributed by atoms with van der Waals surface area (Å²) in [5, 5.41) is 12.5. The summed E-state index contributed by atoms with van der Waals surface area (Å²) in [5.41, 5.74) is -0.00927. The van der Waals surface area contributed by atoms with E-state index in [1.165, 1.54) is 0 Å². The average Bonchev–Trinajstić information content (AvgIpc) is 2.38. The quantitative estimate of drug-likeness (QED) is 0.830. The van der Waals surface area contributed by atoms with E-state index in [9.17, 15) is 9.90 Å². The Labute approximate surface area is 128 Å². The van der Waals surface area contributed by atoms with Crippen molar-refractivity contribution >= 4 is 37.8 Å². The zero-order valence-corrected chi connectivity index (χ0v) is 13.5. The second-order valence-electron chi connectivity index (χ2n) is 4.66. The number of amides is 1. The lowest BCUT2D eigenvalue weighted by atomic mass is 9.90. The van der Waals surface area contributed by atoms with Crippen molar-refractivity contribution in [1.29, 1.82) is 0 Å². The highest BCUT2D eigenvalue weighted by Gasteiger charge is 2.33. The predicted octanol–water partition coefficient (Wildman–Crippen LogP) is 2.48. The molecule has 2 N–H and O–H groups in total. The fraction of sp³-hybridized carbons (Fsp3) is 0.462. The Morgan fingerprint density at radius 1 is 1.26 bits per heavy atom. The number of nitrogens with one attached hydrogen (secondary N) is 1. The molecule has 1 heterocycles. The number of carbonyl (C=O) groups excluding carboxylic acids is 1. The molecule has 0 unspecified atom stereocenters. The Balaban J connectivity index is 2.15. The molecule has 1 aliphatic rings. The highest BCUT2D eigenvalue weighted by Crippen LogP contribution is 2.23. The molecule has 0 spiro atoms. The Morgan fingerprint density at radius 3 is 2.37 bits per heavy atom. The van der Waals surface area contributed by atoms with Crippen molar-refractivity contribution in [3.8, 4) is 0 Å². The summed E-state index contributed by atoms with van der Waals surface area (Å²) >= 11 is 6.72. The molecule has 0 saturated carbocycles. The van der Waals surface area contributed by atoms with Crippen molar-refractivity contribution in [3.05, 3.63) is 32.7 Å². The van der Waals surface area contributed by atoms with E-state index in [0.29, 0.717) is 31.6 Å². The van der Waals surface area contributed by atoms with Crippen molar-refractivity contribution in [1.82, 2.24) is 5.32 Å². The summed E-state index contributed by atoms with van der Waals surface area (Å²) in [7, 11) is 0. The topological polar surface area (TPSA) is 58.6 Å². The number of aliphatic hydroxyl groups excluding tert-OH is 1. The van der Waals surface area contributed by atoms with Gasteiger partial charge in [0.25, 0.3) is 5.91 Å². The summed E-state index contributed by atoms with van der Waals surface area (Å²) in [6.07, 6.45) is 1.26. The molecule has 0 aromatic heterocycles. The summed E-state index contributed by atoms with van der Waals surface area (Å²) in [4.78, 5) is 12.3. The van der Waals surface area contributed by atoms with E-state index in [-0.39, 0.29) is 12.5 Å². The van der Waals surface area contributed by atoms with Crippen LogP contribution in [0, 0.1) is 0 Å². The average molecular weight is 393 g/mol. The van der Waals surface area contributed by atoms with Gasteiger partial charge in [-0.2, -0.15) is 0 Å². The minimum atomic E-state index is -0.565. The van der Waals surface area contributed by atoms with Crippen LogP contribution in [0.3, 0.4) is 0 Å². The van der Waals surface area contributed by atoms with Crippen LogP contribution in [-0.4, -0.2) is 36.4 Å². The fourth-order valence-corrected chi connectivity index (χ4v) is 3.38. The van der Waals surface area contributed by atoms with Crippen molar-refractivity contribution in [2.75, 3.05) is 19.8 Å². The minimum absolute atomic E-state index is 0.0721. The third-order valence-electron chi connectivity index (χ3n) is 3.26. The van der Waals surface area contributed by atoms with Gasteiger partial charge in [0.1, 0.15) is 0 Å². The molecule has 4 nitrogen and oxygen atoms in total. The van der Waals surface area contributed by atoms with Gasteiger partial charge in [0.15, 0.2) is 0 Å². The van der Waals surface area contributed by atoms with Gasteiger partial charge in [-0.1, -0.05) is 31.9 Å². The normalized spacial score (nSPS) is 18.1. The molecule has 1 aromatic carbocycles. The molecule has 0 radical (unpaired) electrons. The Morgan fingerprint density at radius 2 is 1.84 bits per heavy atom. The molecule has 0 atom stereocenters. The number of hydrogen-bond acceptors (Lipinski definition) is 3. The van der Waals surface area contributed by atoms with Gasteiger partial charge in [0, 0.05) is 27.7 Å². The molecule has 1 saturated heterocycles. The highest BCUT2D eigenvalue weighted by atomic mass is 79.9. The molecule has 104 valence electrons. The number of carbonyl (C=O) groups is 1. The molecule has 1 aromatic rings. The van der Waals surface area contributed by atoms with Gasteiger partial charge < -0.3 is 15.2 Å². The van der Waals surface area contributed by atoms with E-state index in [1.54, 1.807) is 12.1 Å². The number of ether oxygens (including phenoxy) is 1. The smallest absolute Gasteiger partial charge is 0.251 e. The molecule has 2 rings (SSSR count). The van der Waals surface area contributed by atoms with E-state index in [4.69, 9.17) is 4.74 Å². The van der Waals surface area contributed by atoms with Crippen molar-refractivity contribution < 1.29 is 14.6 Å². The lowest BCUT2D eigenvalue weighted by Crippen LogP contribution is -2.54. The van der Waals surface area contributed by atoms with Crippen molar-refractivity contribution in [2.45, 2.75) is 18.4 Å². The lowest BCUT2D eigenvalue weighted by Gasteiger charge is -2.36. The second kappa shape index (κ2) is 6.35. The molecule has 19 heavy (non-hydrogen) atoms. The van der Waals surface area contributed by atoms with Gasteiger partial charge in [-0.15, -0.1) is 0 Å². The molecule has 1 amide bonds. The Hall–Kier alpha value is -0.430. The fourth-order valence-electron chi connectivity index (χ4n) is 2.08. The van der Waals surface area contributed by atoms with Crippen LogP contribution < -0.4 is 5.32 Å². The molecule has 1 fully saturated rings. The van der Waals surface area contributed by atoms with Crippen LogP contribution in [0.2, 0.25) is 0 Å². The summed E-state index contributed by atoms with van der Waals surface area (Å²) < 4.78 is 6.94. The maximum Gasteiger partial charge on any atom is 0.251 e. The molecular formula is C13H15Br2NO3. The highest BCUT2D eigenvalue weighted by molar-refractivity contribution is 9.11. The monoisotopic (exact) mass is 391 g/mol. The van der Waals surface area contributed by atoms with Crippen molar-refractivity contribution in [3.63, 3.8) is 0 Å². The standard InChI is InChI=1S/C13H15Br2NO3/c14-10-5-9(6-11(15)7-10)12(18)16-13(8-17)1-3-19-4-2-13/h5-7,17H,1-4,8H2,(H,16,18). The molecule has 0 aliphatic carbocycles. The van der Waals surface area contributed by atoms with Crippen LogP contribution in [0.1, 0.15) is 23.2 Å². The largest absolute Gasteiger partial charge is 0.394 e. The third kappa shape index (κ3) is 3.78.